The highest BCUT2D eigenvalue weighted by Crippen LogP contribution is 2.25. The number of hydrogen-bond donors (Lipinski definition) is 0. The van der Waals surface area contributed by atoms with Crippen molar-refractivity contribution in [2.45, 2.75) is 6.92 Å². The highest BCUT2D eigenvalue weighted by Gasteiger charge is 2.03. The Bertz CT molecular complexity index is 508. The molecule has 2 nitrogen and oxygen atoms in total. The molecule has 0 aliphatic carbocycles. The number of carbonyl (C=O) groups excluding carboxylic acids is 1. The predicted molar refractivity (Wildman–Crippen MR) is 56.9 cm³/mol. The largest absolute Gasteiger partial charge is 0.296 e. The van der Waals surface area contributed by atoms with Crippen molar-refractivity contribution >= 4 is 28.8 Å². The van der Waals surface area contributed by atoms with Crippen LogP contribution in [-0.4, -0.2) is 11.3 Å². The molecular weight excluding hydrogens is 198 g/mol. The summed E-state index contributed by atoms with van der Waals surface area (Å²) in [4.78, 5) is 14.6. The Morgan fingerprint density at radius 1 is 1.29 bits per heavy atom. The summed E-state index contributed by atoms with van der Waals surface area (Å²) in [5.74, 6) is 0. The molecule has 0 N–H and O–H groups in total. The van der Waals surface area contributed by atoms with E-state index in [-0.39, 0.29) is 0 Å². The molecule has 0 saturated heterocycles. The van der Waals surface area contributed by atoms with E-state index in [1.165, 1.54) is 0 Å². The minimum Gasteiger partial charge on any atom is -0.296 e. The summed E-state index contributed by atoms with van der Waals surface area (Å²) in [6, 6.07) is 7.25. The van der Waals surface area contributed by atoms with E-state index in [4.69, 9.17) is 11.6 Å². The number of hydrogen-bond acceptors (Lipinski definition) is 2. The van der Waals surface area contributed by atoms with Crippen molar-refractivity contribution in [3.8, 4) is 0 Å². The maximum absolute atomic E-state index is 10.5. The third-order valence-electron chi connectivity index (χ3n) is 2.14. The molecule has 0 saturated carbocycles. The van der Waals surface area contributed by atoms with Crippen molar-refractivity contribution < 1.29 is 4.79 Å². The molecule has 0 unspecified atom stereocenters. The number of halogens is 1. The Kier molecular flexibility index (Phi) is 2.22. The molecule has 0 fully saturated rings. The summed E-state index contributed by atoms with van der Waals surface area (Å²) in [6.07, 6.45) is 0.729. The monoisotopic (exact) mass is 205 g/mol. The van der Waals surface area contributed by atoms with Crippen molar-refractivity contribution in [2.24, 2.45) is 0 Å². The number of rotatable bonds is 1. The lowest BCUT2D eigenvalue weighted by Crippen LogP contribution is -1.88. The molecule has 3 heteroatoms. The van der Waals surface area contributed by atoms with E-state index >= 15 is 0 Å². The van der Waals surface area contributed by atoms with Gasteiger partial charge in [0.25, 0.3) is 0 Å². The molecule has 1 aromatic carbocycles. The van der Waals surface area contributed by atoms with Gasteiger partial charge in [-0.15, -0.1) is 0 Å². The lowest BCUT2D eigenvalue weighted by Gasteiger charge is -2.02. The van der Waals surface area contributed by atoms with E-state index in [2.05, 4.69) is 4.98 Å². The Hall–Kier alpha value is -1.41. The molecule has 1 aromatic heterocycles. The quantitative estimate of drug-likeness (QED) is 0.670. The van der Waals surface area contributed by atoms with Gasteiger partial charge in [0.1, 0.15) is 5.69 Å². The summed E-state index contributed by atoms with van der Waals surface area (Å²) in [5, 5.41) is 1.59. The SMILES string of the molecule is Cc1ccc2nc(C=O)ccc2c1Cl. The Morgan fingerprint density at radius 2 is 2.07 bits per heavy atom. The van der Waals surface area contributed by atoms with Gasteiger partial charge in [0, 0.05) is 5.39 Å². The Balaban J connectivity index is 2.81. The normalized spacial score (nSPS) is 10.4. The van der Waals surface area contributed by atoms with E-state index in [1.807, 2.05) is 25.1 Å². The zero-order chi connectivity index (χ0) is 10.1. The second-order valence-corrected chi connectivity index (χ2v) is 3.50. The summed E-state index contributed by atoms with van der Waals surface area (Å²) in [6.45, 7) is 1.94. The van der Waals surface area contributed by atoms with Crippen LogP contribution in [0.25, 0.3) is 10.9 Å². The molecule has 0 radical (unpaired) electrons. The molecule has 2 aromatic rings. The molecule has 70 valence electrons. The number of carbonyl (C=O) groups is 1. The van der Waals surface area contributed by atoms with Gasteiger partial charge in [-0.2, -0.15) is 0 Å². The van der Waals surface area contributed by atoms with E-state index < -0.39 is 0 Å². The number of aldehydes is 1. The molecule has 0 aliphatic heterocycles. The van der Waals surface area contributed by atoms with Crippen LogP contribution in [0.4, 0.5) is 0 Å². The smallest absolute Gasteiger partial charge is 0.168 e. The van der Waals surface area contributed by atoms with Gasteiger partial charge in [0.15, 0.2) is 6.29 Å². The third kappa shape index (κ3) is 1.38. The topological polar surface area (TPSA) is 30.0 Å². The van der Waals surface area contributed by atoms with Gasteiger partial charge in [0.05, 0.1) is 10.5 Å². The van der Waals surface area contributed by atoms with Gasteiger partial charge in [-0.25, -0.2) is 4.98 Å². The van der Waals surface area contributed by atoms with Crippen LogP contribution in [0.2, 0.25) is 5.02 Å². The fourth-order valence-electron chi connectivity index (χ4n) is 1.36. The minimum atomic E-state index is 0.428. The lowest BCUT2D eigenvalue weighted by molar-refractivity contribution is 0.111. The van der Waals surface area contributed by atoms with E-state index in [1.54, 1.807) is 6.07 Å². The van der Waals surface area contributed by atoms with Gasteiger partial charge < -0.3 is 0 Å². The number of fused-ring (bicyclic) bond motifs is 1. The van der Waals surface area contributed by atoms with E-state index in [9.17, 15) is 4.79 Å². The Morgan fingerprint density at radius 3 is 2.79 bits per heavy atom. The minimum absolute atomic E-state index is 0.428. The highest BCUT2D eigenvalue weighted by atomic mass is 35.5. The zero-order valence-electron chi connectivity index (χ0n) is 7.62. The standard InChI is InChI=1S/C11H8ClNO/c1-7-2-5-10-9(11(7)12)4-3-8(6-14)13-10/h2-6H,1H3. The first kappa shape index (κ1) is 9.16. The van der Waals surface area contributed by atoms with Crippen LogP contribution in [0.15, 0.2) is 24.3 Å². The molecule has 1 heterocycles. The van der Waals surface area contributed by atoms with Crippen LogP contribution in [0.5, 0.6) is 0 Å². The van der Waals surface area contributed by atoms with Gasteiger partial charge in [0.2, 0.25) is 0 Å². The molecule has 14 heavy (non-hydrogen) atoms. The Labute approximate surface area is 86.5 Å². The van der Waals surface area contributed by atoms with Gasteiger partial charge in [-0.3, -0.25) is 4.79 Å². The predicted octanol–water partition coefficient (Wildman–Crippen LogP) is 3.01. The fraction of sp³-hybridized carbons (Fsp3) is 0.0909. The van der Waals surface area contributed by atoms with Gasteiger partial charge in [-0.1, -0.05) is 17.7 Å². The van der Waals surface area contributed by atoms with Crippen molar-refractivity contribution in [2.75, 3.05) is 0 Å². The molecular formula is C11H8ClNO. The van der Waals surface area contributed by atoms with E-state index in [0.29, 0.717) is 10.7 Å². The van der Waals surface area contributed by atoms with Crippen molar-refractivity contribution in [3.05, 3.63) is 40.5 Å². The van der Waals surface area contributed by atoms with Gasteiger partial charge >= 0.3 is 0 Å². The van der Waals surface area contributed by atoms with Crippen molar-refractivity contribution in [3.63, 3.8) is 0 Å². The van der Waals surface area contributed by atoms with Crippen molar-refractivity contribution in [1.82, 2.24) is 4.98 Å². The first-order chi connectivity index (χ1) is 6.72. The van der Waals surface area contributed by atoms with Crippen LogP contribution < -0.4 is 0 Å². The summed E-state index contributed by atoms with van der Waals surface area (Å²) < 4.78 is 0. The maximum Gasteiger partial charge on any atom is 0.168 e. The molecule has 0 amide bonds. The summed E-state index contributed by atoms with van der Waals surface area (Å²) >= 11 is 6.09. The second kappa shape index (κ2) is 3.39. The molecule has 0 spiro atoms. The van der Waals surface area contributed by atoms with Crippen molar-refractivity contribution in [1.29, 1.82) is 0 Å². The van der Waals surface area contributed by atoms with Crippen LogP contribution >= 0.6 is 11.6 Å². The first-order valence-electron chi connectivity index (χ1n) is 4.23. The second-order valence-electron chi connectivity index (χ2n) is 3.12. The lowest BCUT2D eigenvalue weighted by atomic mass is 10.1. The van der Waals surface area contributed by atoms with Crippen LogP contribution in [0, 0.1) is 6.92 Å². The number of pyridine rings is 1. The first-order valence-corrected chi connectivity index (χ1v) is 4.61. The average molecular weight is 206 g/mol. The number of aryl methyl sites for hydroxylation is 1. The third-order valence-corrected chi connectivity index (χ3v) is 2.64. The number of nitrogens with zero attached hydrogens (tertiary/aromatic N) is 1. The molecule has 0 bridgehead atoms. The zero-order valence-corrected chi connectivity index (χ0v) is 8.38. The molecule has 2 rings (SSSR count). The fourth-order valence-corrected chi connectivity index (χ4v) is 1.58. The maximum atomic E-state index is 10.5. The van der Waals surface area contributed by atoms with E-state index in [0.717, 1.165) is 22.8 Å². The molecule has 0 atom stereocenters. The van der Waals surface area contributed by atoms with Gasteiger partial charge in [-0.05, 0) is 30.7 Å². The average Bonchev–Trinajstić information content (AvgIpc) is 2.23. The van der Waals surface area contributed by atoms with Crippen LogP contribution in [0.3, 0.4) is 0 Å². The summed E-state index contributed by atoms with van der Waals surface area (Å²) in [5.41, 5.74) is 2.20. The molecule has 0 aliphatic rings. The number of aromatic nitrogens is 1. The number of benzene rings is 1. The summed E-state index contributed by atoms with van der Waals surface area (Å²) in [7, 11) is 0. The highest BCUT2D eigenvalue weighted by molar-refractivity contribution is 6.36. The van der Waals surface area contributed by atoms with Crippen LogP contribution in [-0.2, 0) is 0 Å². The van der Waals surface area contributed by atoms with Crippen LogP contribution in [0.1, 0.15) is 16.1 Å².